The van der Waals surface area contributed by atoms with E-state index in [2.05, 4.69) is 27.1 Å². The zero-order chi connectivity index (χ0) is 17.9. The SMILES string of the molecule is CN1CCC(Sc2n[nH]c(-c3ccc(Cl)cc3)c2-c2ccncc2)CC1. The number of H-pyrrole nitrogens is 1. The van der Waals surface area contributed by atoms with Crippen LogP contribution in [0, 0.1) is 0 Å². The standard InChI is InChI=1S/C20H21ClN4S/c1-25-12-8-17(9-13-25)26-20-18(14-6-10-22-11-7-14)19(23-24-20)15-2-4-16(21)5-3-15/h2-7,10-11,17H,8-9,12-13H2,1H3,(H,23,24). The van der Waals surface area contributed by atoms with Gasteiger partial charge in [-0.3, -0.25) is 10.1 Å². The molecule has 6 heteroatoms. The number of rotatable bonds is 4. The highest BCUT2D eigenvalue weighted by atomic mass is 35.5. The van der Waals surface area contributed by atoms with Gasteiger partial charge in [-0.15, -0.1) is 11.8 Å². The summed E-state index contributed by atoms with van der Waals surface area (Å²) in [5.74, 6) is 0. The van der Waals surface area contributed by atoms with Crippen LogP contribution in [-0.4, -0.2) is 45.5 Å². The number of aromatic amines is 1. The first-order valence-electron chi connectivity index (χ1n) is 8.80. The summed E-state index contributed by atoms with van der Waals surface area (Å²) < 4.78 is 0. The van der Waals surface area contributed by atoms with Crippen molar-refractivity contribution in [2.75, 3.05) is 20.1 Å². The largest absolute Gasteiger partial charge is 0.306 e. The minimum atomic E-state index is 0.605. The van der Waals surface area contributed by atoms with Crippen LogP contribution >= 0.6 is 23.4 Å². The molecular formula is C20H21ClN4S. The number of nitrogens with one attached hydrogen (secondary N) is 1. The molecule has 2 aromatic heterocycles. The van der Waals surface area contributed by atoms with Crippen molar-refractivity contribution in [2.45, 2.75) is 23.1 Å². The predicted octanol–water partition coefficient (Wildman–Crippen LogP) is 4.98. The van der Waals surface area contributed by atoms with Crippen LogP contribution in [0.3, 0.4) is 0 Å². The lowest BCUT2D eigenvalue weighted by Gasteiger charge is -2.28. The second-order valence-corrected chi connectivity index (χ2v) is 8.37. The van der Waals surface area contributed by atoms with Gasteiger partial charge in [0, 0.05) is 33.8 Å². The lowest BCUT2D eigenvalue weighted by molar-refractivity contribution is 0.282. The monoisotopic (exact) mass is 384 g/mol. The van der Waals surface area contributed by atoms with Gasteiger partial charge in [0.1, 0.15) is 5.03 Å². The van der Waals surface area contributed by atoms with Crippen LogP contribution in [0.2, 0.25) is 5.02 Å². The Kier molecular flexibility index (Phi) is 5.29. The fourth-order valence-electron chi connectivity index (χ4n) is 3.28. The van der Waals surface area contributed by atoms with Gasteiger partial charge in [0.15, 0.2) is 0 Å². The number of hydrogen-bond donors (Lipinski definition) is 1. The van der Waals surface area contributed by atoms with Gasteiger partial charge in [-0.25, -0.2) is 0 Å². The molecule has 1 aromatic carbocycles. The van der Waals surface area contributed by atoms with Crippen molar-refractivity contribution < 1.29 is 0 Å². The van der Waals surface area contributed by atoms with E-state index in [9.17, 15) is 0 Å². The molecule has 1 aliphatic rings. The number of halogens is 1. The highest BCUT2D eigenvalue weighted by Gasteiger charge is 2.23. The van der Waals surface area contributed by atoms with Crippen LogP contribution in [0.25, 0.3) is 22.4 Å². The Labute approximate surface area is 163 Å². The summed E-state index contributed by atoms with van der Waals surface area (Å²) in [6.07, 6.45) is 6.05. The van der Waals surface area contributed by atoms with Crippen LogP contribution in [-0.2, 0) is 0 Å². The number of likely N-dealkylation sites (tertiary alicyclic amines) is 1. The van der Waals surface area contributed by atoms with Crippen LogP contribution < -0.4 is 0 Å². The summed E-state index contributed by atoms with van der Waals surface area (Å²) in [6, 6.07) is 12.0. The average molecular weight is 385 g/mol. The lowest BCUT2D eigenvalue weighted by Crippen LogP contribution is -2.31. The maximum Gasteiger partial charge on any atom is 0.127 e. The normalized spacial score (nSPS) is 16.1. The molecule has 1 fully saturated rings. The molecule has 3 heterocycles. The molecule has 26 heavy (non-hydrogen) atoms. The molecule has 0 spiro atoms. The van der Waals surface area contributed by atoms with Crippen molar-refractivity contribution in [3.8, 4) is 22.4 Å². The van der Waals surface area contributed by atoms with E-state index in [1.807, 2.05) is 60.6 Å². The summed E-state index contributed by atoms with van der Waals surface area (Å²) in [6.45, 7) is 2.30. The number of pyridine rings is 1. The van der Waals surface area contributed by atoms with E-state index in [0.717, 1.165) is 45.5 Å². The summed E-state index contributed by atoms with van der Waals surface area (Å²) in [5, 5.41) is 10.3. The molecule has 0 atom stereocenters. The Morgan fingerprint density at radius 3 is 2.42 bits per heavy atom. The lowest BCUT2D eigenvalue weighted by atomic mass is 10.0. The Morgan fingerprint density at radius 1 is 1.04 bits per heavy atom. The average Bonchev–Trinajstić information content (AvgIpc) is 3.08. The van der Waals surface area contributed by atoms with E-state index < -0.39 is 0 Å². The van der Waals surface area contributed by atoms with Crippen LogP contribution in [0.4, 0.5) is 0 Å². The summed E-state index contributed by atoms with van der Waals surface area (Å²) in [5.41, 5.74) is 4.40. The number of thioether (sulfide) groups is 1. The van der Waals surface area contributed by atoms with Crippen LogP contribution in [0.15, 0.2) is 53.8 Å². The van der Waals surface area contributed by atoms with E-state index in [4.69, 9.17) is 11.6 Å². The highest BCUT2D eigenvalue weighted by Crippen LogP contribution is 2.40. The zero-order valence-corrected chi connectivity index (χ0v) is 16.2. The maximum atomic E-state index is 6.06. The van der Waals surface area contributed by atoms with Gasteiger partial charge in [-0.1, -0.05) is 23.7 Å². The molecule has 1 N–H and O–H groups in total. The number of aromatic nitrogens is 3. The minimum absolute atomic E-state index is 0.605. The fourth-order valence-corrected chi connectivity index (χ4v) is 4.61. The molecule has 4 rings (SSSR count). The second-order valence-electron chi connectivity index (χ2n) is 6.64. The molecule has 0 aliphatic carbocycles. The summed E-state index contributed by atoms with van der Waals surface area (Å²) >= 11 is 7.95. The maximum absolute atomic E-state index is 6.06. The van der Waals surface area contributed by atoms with E-state index in [1.165, 1.54) is 12.8 Å². The van der Waals surface area contributed by atoms with Gasteiger partial charge in [-0.2, -0.15) is 5.10 Å². The molecule has 1 saturated heterocycles. The number of piperidine rings is 1. The summed E-state index contributed by atoms with van der Waals surface area (Å²) in [7, 11) is 2.19. The van der Waals surface area contributed by atoms with Crippen molar-refractivity contribution in [1.29, 1.82) is 0 Å². The number of hydrogen-bond acceptors (Lipinski definition) is 4. The zero-order valence-electron chi connectivity index (χ0n) is 14.7. The van der Waals surface area contributed by atoms with E-state index in [-0.39, 0.29) is 0 Å². The van der Waals surface area contributed by atoms with Crippen molar-refractivity contribution in [2.24, 2.45) is 0 Å². The van der Waals surface area contributed by atoms with Gasteiger partial charge in [0.05, 0.1) is 5.69 Å². The quantitative estimate of drug-likeness (QED) is 0.689. The van der Waals surface area contributed by atoms with E-state index in [1.54, 1.807) is 0 Å². The fraction of sp³-hybridized carbons (Fsp3) is 0.300. The van der Waals surface area contributed by atoms with Crippen molar-refractivity contribution in [1.82, 2.24) is 20.1 Å². The Hall–Kier alpha value is -1.82. The third-order valence-corrected chi connectivity index (χ3v) is 6.35. The van der Waals surface area contributed by atoms with Crippen LogP contribution in [0.5, 0.6) is 0 Å². The second kappa shape index (κ2) is 7.82. The van der Waals surface area contributed by atoms with Crippen molar-refractivity contribution >= 4 is 23.4 Å². The third kappa shape index (κ3) is 3.80. The first-order valence-corrected chi connectivity index (χ1v) is 10.1. The molecule has 0 saturated carbocycles. The Bertz CT molecular complexity index is 855. The smallest absolute Gasteiger partial charge is 0.127 e. The first-order chi connectivity index (χ1) is 12.7. The van der Waals surface area contributed by atoms with Gasteiger partial charge < -0.3 is 4.90 Å². The Balaban J connectivity index is 1.71. The molecule has 0 radical (unpaired) electrons. The summed E-state index contributed by atoms with van der Waals surface area (Å²) in [4.78, 5) is 6.56. The molecule has 1 aliphatic heterocycles. The highest BCUT2D eigenvalue weighted by molar-refractivity contribution is 8.00. The van der Waals surface area contributed by atoms with E-state index >= 15 is 0 Å². The first kappa shape index (κ1) is 17.6. The van der Waals surface area contributed by atoms with Gasteiger partial charge in [-0.05, 0) is 62.8 Å². The molecule has 0 bridgehead atoms. The third-order valence-electron chi connectivity index (χ3n) is 4.78. The number of benzene rings is 1. The van der Waals surface area contributed by atoms with Crippen molar-refractivity contribution in [3.63, 3.8) is 0 Å². The van der Waals surface area contributed by atoms with Crippen molar-refractivity contribution in [3.05, 3.63) is 53.8 Å². The predicted molar refractivity (Wildman–Crippen MR) is 109 cm³/mol. The van der Waals surface area contributed by atoms with Gasteiger partial charge in [0.25, 0.3) is 0 Å². The van der Waals surface area contributed by atoms with Gasteiger partial charge in [0.2, 0.25) is 0 Å². The van der Waals surface area contributed by atoms with Gasteiger partial charge >= 0.3 is 0 Å². The van der Waals surface area contributed by atoms with E-state index in [0.29, 0.717) is 5.25 Å². The molecule has 134 valence electrons. The minimum Gasteiger partial charge on any atom is -0.306 e. The molecule has 0 unspecified atom stereocenters. The topological polar surface area (TPSA) is 44.8 Å². The molecule has 3 aromatic rings. The van der Waals surface area contributed by atoms with Crippen LogP contribution in [0.1, 0.15) is 12.8 Å². The molecular weight excluding hydrogens is 364 g/mol. The molecule has 0 amide bonds. The Morgan fingerprint density at radius 2 is 1.73 bits per heavy atom. The molecule has 4 nitrogen and oxygen atoms in total. The number of nitrogens with zero attached hydrogens (tertiary/aromatic N) is 3.